The number of carbonyl (C=O) groups is 1. The number of nitrogens with zero attached hydrogens (tertiary/aromatic N) is 3. The molecular weight excluding hydrogens is 356 g/mol. The minimum absolute atomic E-state index is 0.00460. The summed E-state index contributed by atoms with van der Waals surface area (Å²) in [4.78, 5) is 20.5. The molecule has 2 aromatic heterocycles. The van der Waals surface area contributed by atoms with Crippen LogP contribution in [-0.4, -0.2) is 21.0 Å². The molecule has 0 aliphatic carbocycles. The highest BCUT2D eigenvalue weighted by Gasteiger charge is 2.07. The molecular formula is C21H24N4O3. The summed E-state index contributed by atoms with van der Waals surface area (Å²) in [7, 11) is 0. The summed E-state index contributed by atoms with van der Waals surface area (Å²) in [6.45, 7) is 2.84. The topological polar surface area (TPSA) is 90.1 Å². The van der Waals surface area contributed by atoms with E-state index < -0.39 is 0 Å². The van der Waals surface area contributed by atoms with E-state index in [0.717, 1.165) is 23.4 Å². The van der Waals surface area contributed by atoms with Gasteiger partial charge in [0, 0.05) is 32.0 Å². The number of amides is 1. The zero-order chi connectivity index (χ0) is 19.6. The fourth-order valence-corrected chi connectivity index (χ4v) is 2.61. The van der Waals surface area contributed by atoms with Gasteiger partial charge in [0.25, 0.3) is 0 Å². The van der Waals surface area contributed by atoms with E-state index in [1.54, 1.807) is 6.20 Å². The van der Waals surface area contributed by atoms with Crippen LogP contribution in [0.4, 0.5) is 0 Å². The first kappa shape index (κ1) is 19.5. The molecule has 0 fully saturated rings. The van der Waals surface area contributed by atoms with Gasteiger partial charge in [-0.1, -0.05) is 30.3 Å². The maximum Gasteiger partial charge on any atom is 0.226 e. The van der Waals surface area contributed by atoms with E-state index in [0.29, 0.717) is 44.1 Å². The van der Waals surface area contributed by atoms with Crippen LogP contribution in [0.1, 0.15) is 42.7 Å². The van der Waals surface area contributed by atoms with Crippen LogP contribution in [0.15, 0.2) is 53.2 Å². The second-order valence-corrected chi connectivity index (χ2v) is 6.35. The lowest BCUT2D eigenvalue weighted by molar-refractivity contribution is -0.121. The fraction of sp³-hybridized carbons (Fsp3) is 0.333. The van der Waals surface area contributed by atoms with Gasteiger partial charge in [-0.2, -0.15) is 4.98 Å². The molecule has 0 unspecified atom stereocenters. The fourth-order valence-electron chi connectivity index (χ4n) is 2.61. The third kappa shape index (κ3) is 6.19. The van der Waals surface area contributed by atoms with E-state index in [4.69, 9.17) is 9.26 Å². The molecule has 1 N–H and O–H groups in total. The number of rotatable bonds is 10. The van der Waals surface area contributed by atoms with Gasteiger partial charge in [-0.25, -0.2) is 0 Å². The lowest BCUT2D eigenvalue weighted by atomic mass is 10.2. The van der Waals surface area contributed by atoms with Crippen LogP contribution >= 0.6 is 0 Å². The van der Waals surface area contributed by atoms with Crippen molar-refractivity contribution in [3.05, 3.63) is 71.6 Å². The van der Waals surface area contributed by atoms with Crippen molar-refractivity contribution in [2.45, 2.75) is 45.8 Å². The predicted molar refractivity (Wildman–Crippen MR) is 103 cm³/mol. The summed E-state index contributed by atoms with van der Waals surface area (Å²) in [5, 5.41) is 6.78. The standard InChI is InChI=1S/C21H24N4O3/c1-2-19-24-21(28-25-19)11-6-10-20(26)23-14-16-7-5-9-18(13-16)27-15-17-8-3-4-12-22-17/h3-5,7-9,12-13H,2,6,10-11,14-15H2,1H3,(H,23,26). The molecule has 7 nitrogen and oxygen atoms in total. The van der Waals surface area contributed by atoms with Crippen molar-refractivity contribution in [2.75, 3.05) is 0 Å². The van der Waals surface area contributed by atoms with Gasteiger partial charge in [0.05, 0.1) is 5.69 Å². The zero-order valence-corrected chi connectivity index (χ0v) is 15.9. The SMILES string of the molecule is CCc1noc(CCCC(=O)NCc2cccc(OCc3ccccn3)c2)n1. The lowest BCUT2D eigenvalue weighted by Crippen LogP contribution is -2.22. The largest absolute Gasteiger partial charge is 0.487 e. The summed E-state index contributed by atoms with van der Waals surface area (Å²) in [6.07, 6.45) is 4.18. The van der Waals surface area contributed by atoms with Crippen LogP contribution in [-0.2, 0) is 30.8 Å². The van der Waals surface area contributed by atoms with E-state index in [2.05, 4.69) is 20.4 Å². The Hall–Kier alpha value is -3.22. The van der Waals surface area contributed by atoms with Crippen LogP contribution in [0.3, 0.4) is 0 Å². The number of aromatic nitrogens is 3. The Kier molecular flexibility index (Phi) is 7.12. The number of pyridine rings is 1. The molecule has 0 atom stereocenters. The Bertz CT molecular complexity index is 880. The number of carbonyl (C=O) groups excluding carboxylic acids is 1. The number of hydrogen-bond donors (Lipinski definition) is 1. The van der Waals surface area contributed by atoms with Crippen molar-refractivity contribution in [3.8, 4) is 5.75 Å². The minimum Gasteiger partial charge on any atom is -0.487 e. The summed E-state index contributed by atoms with van der Waals surface area (Å²) >= 11 is 0. The molecule has 2 heterocycles. The van der Waals surface area contributed by atoms with Gasteiger partial charge in [0.15, 0.2) is 5.82 Å². The quantitative estimate of drug-likeness (QED) is 0.581. The third-order valence-corrected chi connectivity index (χ3v) is 4.12. The summed E-state index contributed by atoms with van der Waals surface area (Å²) in [5.74, 6) is 2.03. The van der Waals surface area contributed by atoms with Crippen molar-refractivity contribution in [2.24, 2.45) is 0 Å². The molecule has 0 radical (unpaired) electrons. The van der Waals surface area contributed by atoms with E-state index in [1.165, 1.54) is 0 Å². The van der Waals surface area contributed by atoms with Gasteiger partial charge in [-0.3, -0.25) is 9.78 Å². The number of ether oxygens (including phenoxy) is 1. The normalized spacial score (nSPS) is 10.6. The maximum atomic E-state index is 12.0. The molecule has 3 rings (SSSR count). The van der Waals surface area contributed by atoms with E-state index in [9.17, 15) is 4.79 Å². The molecule has 0 bridgehead atoms. The van der Waals surface area contributed by atoms with Gasteiger partial charge in [0.1, 0.15) is 12.4 Å². The summed E-state index contributed by atoms with van der Waals surface area (Å²) in [6, 6.07) is 13.4. The molecule has 0 saturated heterocycles. The van der Waals surface area contributed by atoms with Gasteiger partial charge >= 0.3 is 0 Å². The van der Waals surface area contributed by atoms with E-state index >= 15 is 0 Å². The average molecular weight is 380 g/mol. The Morgan fingerprint density at radius 3 is 2.93 bits per heavy atom. The first-order valence-corrected chi connectivity index (χ1v) is 9.42. The average Bonchev–Trinajstić information content (AvgIpc) is 3.20. The molecule has 1 amide bonds. The molecule has 7 heteroatoms. The molecule has 0 spiro atoms. The van der Waals surface area contributed by atoms with Gasteiger partial charge < -0.3 is 14.6 Å². The van der Waals surface area contributed by atoms with Crippen LogP contribution < -0.4 is 10.1 Å². The second-order valence-electron chi connectivity index (χ2n) is 6.35. The molecule has 0 aliphatic rings. The Morgan fingerprint density at radius 2 is 2.14 bits per heavy atom. The van der Waals surface area contributed by atoms with Gasteiger partial charge in [-0.15, -0.1) is 0 Å². The lowest BCUT2D eigenvalue weighted by Gasteiger charge is -2.09. The van der Waals surface area contributed by atoms with Crippen molar-refractivity contribution in [1.29, 1.82) is 0 Å². The van der Waals surface area contributed by atoms with Crippen molar-refractivity contribution < 1.29 is 14.1 Å². The van der Waals surface area contributed by atoms with Gasteiger partial charge in [0.2, 0.25) is 11.8 Å². The Balaban J connectivity index is 1.39. The Labute approximate surface area is 164 Å². The monoisotopic (exact) mass is 380 g/mol. The number of hydrogen-bond acceptors (Lipinski definition) is 6. The first-order chi connectivity index (χ1) is 13.7. The van der Waals surface area contributed by atoms with Crippen molar-refractivity contribution >= 4 is 5.91 Å². The van der Waals surface area contributed by atoms with Crippen LogP contribution in [0.5, 0.6) is 5.75 Å². The third-order valence-electron chi connectivity index (χ3n) is 4.12. The molecule has 3 aromatic rings. The highest BCUT2D eigenvalue weighted by Crippen LogP contribution is 2.15. The van der Waals surface area contributed by atoms with Crippen molar-refractivity contribution in [3.63, 3.8) is 0 Å². The molecule has 28 heavy (non-hydrogen) atoms. The molecule has 0 aliphatic heterocycles. The van der Waals surface area contributed by atoms with Crippen LogP contribution in [0, 0.1) is 0 Å². The highest BCUT2D eigenvalue weighted by molar-refractivity contribution is 5.75. The summed E-state index contributed by atoms with van der Waals surface area (Å²) < 4.78 is 10.9. The molecule has 1 aromatic carbocycles. The smallest absolute Gasteiger partial charge is 0.226 e. The van der Waals surface area contributed by atoms with E-state index in [-0.39, 0.29) is 5.91 Å². The highest BCUT2D eigenvalue weighted by atomic mass is 16.5. The minimum atomic E-state index is -0.00460. The summed E-state index contributed by atoms with van der Waals surface area (Å²) in [5.41, 5.74) is 1.85. The second kappa shape index (κ2) is 10.2. The zero-order valence-electron chi connectivity index (χ0n) is 15.9. The number of nitrogens with one attached hydrogen (secondary N) is 1. The predicted octanol–water partition coefficient (Wildman–Crippen LogP) is 3.25. The molecule has 0 saturated carbocycles. The van der Waals surface area contributed by atoms with Gasteiger partial charge in [-0.05, 0) is 36.2 Å². The number of benzene rings is 1. The van der Waals surface area contributed by atoms with E-state index in [1.807, 2.05) is 49.4 Å². The number of aryl methyl sites for hydroxylation is 2. The van der Waals surface area contributed by atoms with Crippen LogP contribution in [0.2, 0.25) is 0 Å². The van der Waals surface area contributed by atoms with Crippen molar-refractivity contribution in [1.82, 2.24) is 20.4 Å². The first-order valence-electron chi connectivity index (χ1n) is 9.42. The Morgan fingerprint density at radius 1 is 1.21 bits per heavy atom. The van der Waals surface area contributed by atoms with Crippen LogP contribution in [0.25, 0.3) is 0 Å². The maximum absolute atomic E-state index is 12.0. The molecule has 146 valence electrons.